The lowest BCUT2D eigenvalue weighted by atomic mass is 9.96. The molecule has 0 aromatic carbocycles. The van der Waals surface area contributed by atoms with Gasteiger partial charge in [0.15, 0.2) is 11.8 Å². The van der Waals surface area contributed by atoms with Crippen molar-refractivity contribution in [1.82, 2.24) is 20.4 Å². The highest BCUT2D eigenvalue weighted by Crippen LogP contribution is 2.20. The van der Waals surface area contributed by atoms with Crippen molar-refractivity contribution in [2.45, 2.75) is 58.9 Å². The highest BCUT2D eigenvalue weighted by Gasteiger charge is 2.21. The lowest BCUT2D eigenvalue weighted by molar-refractivity contribution is 0.0625. The summed E-state index contributed by atoms with van der Waals surface area (Å²) in [7, 11) is 2.08. The van der Waals surface area contributed by atoms with Crippen molar-refractivity contribution >= 4 is 29.9 Å². The fourth-order valence-corrected chi connectivity index (χ4v) is 2.76. The molecule has 1 saturated heterocycles. The molecule has 2 rings (SSSR count). The van der Waals surface area contributed by atoms with Crippen molar-refractivity contribution in [3.63, 3.8) is 0 Å². The Kier molecular flexibility index (Phi) is 9.84. The zero-order valence-corrected chi connectivity index (χ0v) is 19.1. The number of nitrogens with one attached hydrogen (secondary N) is 1. The minimum Gasteiger partial charge on any atom is -0.381 e. The van der Waals surface area contributed by atoms with Crippen molar-refractivity contribution in [3.05, 3.63) is 11.7 Å². The van der Waals surface area contributed by atoms with Crippen LogP contribution in [0, 0.1) is 5.92 Å². The van der Waals surface area contributed by atoms with Gasteiger partial charge in [-0.25, -0.2) is 4.99 Å². The summed E-state index contributed by atoms with van der Waals surface area (Å²) in [6.07, 6.45) is 3.50. The molecule has 150 valence electrons. The van der Waals surface area contributed by atoms with Crippen LogP contribution in [-0.2, 0) is 16.7 Å². The van der Waals surface area contributed by atoms with Crippen LogP contribution < -0.4 is 5.32 Å². The molecule has 0 atom stereocenters. The van der Waals surface area contributed by atoms with Gasteiger partial charge in [0.05, 0.1) is 0 Å². The molecule has 0 radical (unpaired) electrons. The molecule has 0 saturated carbocycles. The van der Waals surface area contributed by atoms with E-state index < -0.39 is 0 Å². The number of aromatic nitrogens is 2. The van der Waals surface area contributed by atoms with Gasteiger partial charge in [-0.1, -0.05) is 25.9 Å². The zero-order valence-electron chi connectivity index (χ0n) is 16.7. The molecule has 7 nitrogen and oxygen atoms in total. The summed E-state index contributed by atoms with van der Waals surface area (Å²) in [6, 6.07) is 0. The van der Waals surface area contributed by atoms with E-state index >= 15 is 0 Å². The second kappa shape index (κ2) is 11.1. The van der Waals surface area contributed by atoms with E-state index in [1.807, 2.05) is 0 Å². The first kappa shape index (κ1) is 23.1. The maximum atomic E-state index is 5.43. The molecule has 2 heterocycles. The number of halogens is 1. The Morgan fingerprint density at radius 2 is 2.00 bits per heavy atom. The van der Waals surface area contributed by atoms with E-state index in [-0.39, 0.29) is 29.4 Å². The van der Waals surface area contributed by atoms with Crippen LogP contribution in [0.4, 0.5) is 0 Å². The third kappa shape index (κ3) is 7.38. The topological polar surface area (TPSA) is 75.8 Å². The monoisotopic (exact) mass is 479 g/mol. The number of hydrogen-bond acceptors (Lipinski definition) is 5. The summed E-state index contributed by atoms with van der Waals surface area (Å²) >= 11 is 0. The summed E-state index contributed by atoms with van der Waals surface area (Å²) in [5, 5.41) is 7.38. The van der Waals surface area contributed by atoms with Crippen molar-refractivity contribution in [2.24, 2.45) is 10.9 Å². The van der Waals surface area contributed by atoms with Gasteiger partial charge in [-0.2, -0.15) is 4.98 Å². The Morgan fingerprint density at radius 3 is 2.58 bits per heavy atom. The summed E-state index contributed by atoms with van der Waals surface area (Å²) < 4.78 is 10.8. The van der Waals surface area contributed by atoms with Crippen LogP contribution in [0.3, 0.4) is 0 Å². The second-order valence-electron chi connectivity index (χ2n) is 7.70. The third-order valence-electron chi connectivity index (χ3n) is 4.39. The first-order valence-electron chi connectivity index (χ1n) is 9.30. The largest absolute Gasteiger partial charge is 0.381 e. The highest BCUT2D eigenvalue weighted by atomic mass is 127. The molecule has 1 aromatic rings. The van der Waals surface area contributed by atoms with Crippen LogP contribution in [0.5, 0.6) is 0 Å². The SMILES string of the molecule is CCNC(=NCc1noc(C(C)(C)C)n1)N(C)CCC1CCOCC1.I. The van der Waals surface area contributed by atoms with Gasteiger partial charge in [-0.3, -0.25) is 0 Å². The molecular formula is C18H34IN5O2. The molecule has 1 fully saturated rings. The van der Waals surface area contributed by atoms with Gasteiger partial charge in [-0.05, 0) is 32.1 Å². The van der Waals surface area contributed by atoms with Crippen molar-refractivity contribution in [3.8, 4) is 0 Å². The predicted molar refractivity (Wildman–Crippen MR) is 114 cm³/mol. The normalized spacial score (nSPS) is 16.3. The first-order valence-corrected chi connectivity index (χ1v) is 9.30. The quantitative estimate of drug-likeness (QED) is 0.384. The predicted octanol–water partition coefficient (Wildman–Crippen LogP) is 3.20. The molecule has 0 amide bonds. The fraction of sp³-hybridized carbons (Fsp3) is 0.833. The molecule has 8 heteroatoms. The molecule has 0 spiro atoms. The summed E-state index contributed by atoms with van der Waals surface area (Å²) in [6.45, 7) is 12.3. The van der Waals surface area contributed by atoms with E-state index in [1.165, 1.54) is 19.3 Å². The average Bonchev–Trinajstić information content (AvgIpc) is 3.07. The third-order valence-corrected chi connectivity index (χ3v) is 4.39. The standard InChI is InChI=1S/C18H33N5O2.HI/c1-6-19-17(23(5)10-7-14-8-11-24-12-9-14)20-13-15-21-16(25-22-15)18(2,3)4;/h14H,6-13H2,1-5H3,(H,19,20);1H. The molecule has 1 aromatic heterocycles. The molecule has 1 aliphatic rings. The number of rotatable bonds is 6. The Bertz CT molecular complexity index is 550. The number of guanidine groups is 1. The molecule has 1 N–H and O–H groups in total. The van der Waals surface area contributed by atoms with Gasteiger partial charge in [-0.15, -0.1) is 24.0 Å². The fourth-order valence-electron chi connectivity index (χ4n) is 2.76. The lowest BCUT2D eigenvalue weighted by Gasteiger charge is -2.26. The number of ether oxygens (including phenoxy) is 1. The van der Waals surface area contributed by atoms with E-state index in [4.69, 9.17) is 9.26 Å². The van der Waals surface area contributed by atoms with E-state index in [1.54, 1.807) is 0 Å². The average molecular weight is 479 g/mol. The Morgan fingerprint density at radius 1 is 1.31 bits per heavy atom. The van der Waals surface area contributed by atoms with Crippen molar-refractivity contribution < 1.29 is 9.26 Å². The van der Waals surface area contributed by atoms with Gasteiger partial charge in [0.25, 0.3) is 0 Å². The van der Waals surface area contributed by atoms with Gasteiger partial charge < -0.3 is 19.5 Å². The smallest absolute Gasteiger partial charge is 0.232 e. The molecule has 1 aliphatic heterocycles. The molecular weight excluding hydrogens is 445 g/mol. The Balaban J connectivity index is 0.00000338. The van der Waals surface area contributed by atoms with Gasteiger partial charge in [0, 0.05) is 38.8 Å². The van der Waals surface area contributed by atoms with E-state index in [9.17, 15) is 0 Å². The summed E-state index contributed by atoms with van der Waals surface area (Å²) in [5.41, 5.74) is -0.139. The Labute approximate surface area is 174 Å². The molecule has 0 aliphatic carbocycles. The van der Waals surface area contributed by atoms with Crippen molar-refractivity contribution in [2.75, 3.05) is 33.4 Å². The Hall–Kier alpha value is -0.900. The summed E-state index contributed by atoms with van der Waals surface area (Å²) in [5.74, 6) is 2.91. The molecule has 0 bridgehead atoms. The lowest BCUT2D eigenvalue weighted by Crippen LogP contribution is -2.40. The number of nitrogens with zero attached hydrogens (tertiary/aromatic N) is 4. The first-order chi connectivity index (χ1) is 11.9. The van der Waals surface area contributed by atoms with Crippen molar-refractivity contribution in [1.29, 1.82) is 0 Å². The van der Waals surface area contributed by atoms with Gasteiger partial charge >= 0.3 is 0 Å². The maximum absolute atomic E-state index is 5.43. The van der Waals surface area contributed by atoms with Crippen LogP contribution in [0.1, 0.15) is 58.7 Å². The highest BCUT2D eigenvalue weighted by molar-refractivity contribution is 14.0. The molecule has 26 heavy (non-hydrogen) atoms. The van der Waals surface area contributed by atoms with Crippen LogP contribution >= 0.6 is 24.0 Å². The van der Waals surface area contributed by atoms with Gasteiger partial charge in [0.1, 0.15) is 6.54 Å². The van der Waals surface area contributed by atoms with Crippen LogP contribution in [-0.4, -0.2) is 54.4 Å². The van der Waals surface area contributed by atoms with E-state index in [2.05, 4.69) is 60.1 Å². The van der Waals surface area contributed by atoms with Gasteiger partial charge in [0.2, 0.25) is 5.89 Å². The van der Waals surface area contributed by atoms with Crippen LogP contribution in [0.15, 0.2) is 9.52 Å². The maximum Gasteiger partial charge on any atom is 0.232 e. The number of hydrogen-bond donors (Lipinski definition) is 1. The van der Waals surface area contributed by atoms with E-state index in [0.717, 1.165) is 38.2 Å². The minimum atomic E-state index is -0.139. The van der Waals surface area contributed by atoms with Crippen LogP contribution in [0.25, 0.3) is 0 Å². The van der Waals surface area contributed by atoms with Crippen LogP contribution in [0.2, 0.25) is 0 Å². The number of aliphatic imine (C=N–C) groups is 1. The molecule has 0 unspecified atom stereocenters. The minimum absolute atomic E-state index is 0. The van der Waals surface area contributed by atoms with E-state index in [0.29, 0.717) is 18.3 Å². The zero-order chi connectivity index (χ0) is 18.3. The summed E-state index contributed by atoms with van der Waals surface area (Å²) in [4.78, 5) is 11.3. The second-order valence-corrected chi connectivity index (χ2v) is 7.70.